The van der Waals surface area contributed by atoms with Crippen LogP contribution in [0.5, 0.6) is 5.75 Å². The normalized spacial score (nSPS) is 19.7. The van der Waals surface area contributed by atoms with Crippen molar-refractivity contribution in [3.8, 4) is 5.75 Å². The molecule has 2 rings (SSSR count). The smallest absolute Gasteiger partial charge is 0.123 e. The van der Waals surface area contributed by atoms with E-state index >= 15 is 0 Å². The van der Waals surface area contributed by atoms with Gasteiger partial charge in [-0.1, -0.05) is 13.8 Å². The molecule has 0 bridgehead atoms. The van der Waals surface area contributed by atoms with Gasteiger partial charge >= 0.3 is 0 Å². The van der Waals surface area contributed by atoms with E-state index in [1.807, 2.05) is 0 Å². The lowest BCUT2D eigenvalue weighted by molar-refractivity contribution is 0.186. The molecule has 2 nitrogen and oxygen atoms in total. The van der Waals surface area contributed by atoms with Crippen molar-refractivity contribution in [1.82, 2.24) is 0 Å². The Bertz CT molecular complexity index is 405. The molecule has 0 spiro atoms. The van der Waals surface area contributed by atoms with E-state index in [2.05, 4.69) is 13.8 Å². The minimum absolute atomic E-state index is 0.161. The number of hydrogen-bond donors (Lipinski definition) is 1. The Balaban J connectivity index is 1.94. The first-order chi connectivity index (χ1) is 8.58. The molecule has 1 aliphatic rings. The predicted molar refractivity (Wildman–Crippen MR) is 71.1 cm³/mol. The van der Waals surface area contributed by atoms with Crippen LogP contribution in [0.2, 0.25) is 0 Å². The molecule has 0 aromatic heterocycles. The Kier molecular flexibility index (Phi) is 4.23. The first kappa shape index (κ1) is 13.3. The van der Waals surface area contributed by atoms with Crippen LogP contribution in [0.15, 0.2) is 18.2 Å². The number of rotatable bonds is 5. The third-order valence-corrected chi connectivity index (χ3v) is 3.50. The molecule has 3 heteroatoms. The zero-order chi connectivity index (χ0) is 13.1. The molecule has 0 aliphatic carbocycles. The third-order valence-electron chi connectivity index (χ3n) is 3.50. The van der Waals surface area contributed by atoms with Gasteiger partial charge in [0.1, 0.15) is 17.7 Å². The lowest BCUT2D eigenvalue weighted by Gasteiger charge is -2.20. The molecule has 0 saturated heterocycles. The van der Waals surface area contributed by atoms with Crippen LogP contribution in [0, 0.1) is 17.7 Å². The number of hydrogen-bond acceptors (Lipinski definition) is 2. The van der Waals surface area contributed by atoms with Crippen LogP contribution in [-0.4, -0.2) is 12.6 Å². The van der Waals surface area contributed by atoms with Gasteiger partial charge in [0.15, 0.2) is 0 Å². The maximum Gasteiger partial charge on any atom is 0.123 e. The van der Waals surface area contributed by atoms with Gasteiger partial charge in [-0.15, -0.1) is 0 Å². The fourth-order valence-corrected chi connectivity index (χ4v) is 2.75. The molecular weight excluding hydrogens is 229 g/mol. The third kappa shape index (κ3) is 3.22. The van der Waals surface area contributed by atoms with Gasteiger partial charge in [0, 0.05) is 12.0 Å². The van der Waals surface area contributed by atoms with Crippen LogP contribution in [0.3, 0.4) is 0 Å². The van der Waals surface area contributed by atoms with Crippen molar-refractivity contribution in [2.45, 2.75) is 39.2 Å². The quantitative estimate of drug-likeness (QED) is 0.872. The van der Waals surface area contributed by atoms with E-state index in [1.54, 1.807) is 12.1 Å². The molecule has 1 heterocycles. The predicted octanol–water partition coefficient (Wildman–Crippen LogP) is 3.14. The van der Waals surface area contributed by atoms with Crippen molar-refractivity contribution in [2.24, 2.45) is 17.6 Å². The molecular formula is C15H22FNO. The van der Waals surface area contributed by atoms with E-state index in [0.717, 1.165) is 30.6 Å². The minimum atomic E-state index is -0.185. The van der Waals surface area contributed by atoms with Gasteiger partial charge in [-0.3, -0.25) is 0 Å². The van der Waals surface area contributed by atoms with Crippen LogP contribution < -0.4 is 10.5 Å². The second-order valence-corrected chi connectivity index (χ2v) is 5.66. The summed E-state index contributed by atoms with van der Waals surface area (Å²) in [5.41, 5.74) is 6.80. The Hall–Kier alpha value is -1.09. The van der Waals surface area contributed by atoms with Crippen LogP contribution in [0.25, 0.3) is 0 Å². The van der Waals surface area contributed by atoms with Crippen molar-refractivity contribution >= 4 is 0 Å². The monoisotopic (exact) mass is 251 g/mol. The summed E-state index contributed by atoms with van der Waals surface area (Å²) in [5, 5.41) is 0. The lowest BCUT2D eigenvalue weighted by Crippen LogP contribution is -2.24. The highest BCUT2D eigenvalue weighted by atomic mass is 19.1. The Labute approximate surface area is 108 Å². The molecule has 2 unspecified atom stereocenters. The van der Waals surface area contributed by atoms with Crippen molar-refractivity contribution in [3.05, 3.63) is 29.6 Å². The SMILES string of the molecule is CC(C)CC(CN)CC1Cc2cc(F)ccc2O1. The van der Waals surface area contributed by atoms with Crippen molar-refractivity contribution in [2.75, 3.05) is 6.54 Å². The summed E-state index contributed by atoms with van der Waals surface area (Å²) in [4.78, 5) is 0. The summed E-state index contributed by atoms with van der Waals surface area (Å²) in [6, 6.07) is 4.76. The topological polar surface area (TPSA) is 35.2 Å². The Morgan fingerprint density at radius 2 is 2.22 bits per heavy atom. The van der Waals surface area contributed by atoms with Crippen LogP contribution in [-0.2, 0) is 6.42 Å². The number of benzene rings is 1. The zero-order valence-corrected chi connectivity index (χ0v) is 11.2. The number of halogens is 1. The standard InChI is InChI=1S/C15H22FNO/c1-10(2)5-11(9-17)6-14-8-12-7-13(16)3-4-15(12)18-14/h3-4,7,10-11,14H,5-6,8-9,17H2,1-2H3. The van der Waals surface area contributed by atoms with Gasteiger partial charge in [0.2, 0.25) is 0 Å². The molecule has 1 aliphatic heterocycles. The second kappa shape index (κ2) is 5.70. The Morgan fingerprint density at radius 3 is 2.89 bits per heavy atom. The maximum atomic E-state index is 13.1. The van der Waals surface area contributed by atoms with E-state index in [-0.39, 0.29) is 11.9 Å². The Morgan fingerprint density at radius 1 is 1.44 bits per heavy atom. The first-order valence-electron chi connectivity index (χ1n) is 6.73. The van der Waals surface area contributed by atoms with Gasteiger partial charge in [0.05, 0.1) is 0 Å². The summed E-state index contributed by atoms with van der Waals surface area (Å²) in [6.45, 7) is 5.12. The molecule has 100 valence electrons. The minimum Gasteiger partial charge on any atom is -0.490 e. The summed E-state index contributed by atoms with van der Waals surface area (Å²) in [7, 11) is 0. The van der Waals surface area contributed by atoms with Crippen LogP contribution in [0.1, 0.15) is 32.3 Å². The fourth-order valence-electron chi connectivity index (χ4n) is 2.75. The highest BCUT2D eigenvalue weighted by molar-refractivity contribution is 5.37. The highest BCUT2D eigenvalue weighted by Crippen LogP contribution is 2.32. The maximum absolute atomic E-state index is 13.1. The summed E-state index contributed by atoms with van der Waals surface area (Å²) >= 11 is 0. The van der Waals surface area contributed by atoms with Crippen molar-refractivity contribution in [1.29, 1.82) is 0 Å². The molecule has 2 atom stereocenters. The summed E-state index contributed by atoms with van der Waals surface area (Å²) < 4.78 is 19.0. The van der Waals surface area contributed by atoms with E-state index in [9.17, 15) is 4.39 Å². The van der Waals surface area contributed by atoms with Gasteiger partial charge in [-0.2, -0.15) is 0 Å². The number of fused-ring (bicyclic) bond motifs is 1. The van der Waals surface area contributed by atoms with Gasteiger partial charge in [-0.05, 0) is 49.4 Å². The molecule has 18 heavy (non-hydrogen) atoms. The van der Waals surface area contributed by atoms with Crippen molar-refractivity contribution < 1.29 is 9.13 Å². The fraction of sp³-hybridized carbons (Fsp3) is 0.600. The molecule has 1 aromatic rings. The molecule has 2 N–H and O–H groups in total. The summed E-state index contributed by atoms with van der Waals surface area (Å²) in [6.07, 6.45) is 3.06. The first-order valence-corrected chi connectivity index (χ1v) is 6.73. The molecule has 0 saturated carbocycles. The molecule has 1 aromatic carbocycles. The number of nitrogens with two attached hydrogens (primary N) is 1. The van der Waals surface area contributed by atoms with E-state index in [4.69, 9.17) is 10.5 Å². The average molecular weight is 251 g/mol. The lowest BCUT2D eigenvalue weighted by atomic mass is 9.91. The average Bonchev–Trinajstić information content (AvgIpc) is 2.68. The van der Waals surface area contributed by atoms with Crippen molar-refractivity contribution in [3.63, 3.8) is 0 Å². The van der Waals surface area contributed by atoms with E-state index in [1.165, 1.54) is 6.07 Å². The summed E-state index contributed by atoms with van der Waals surface area (Å²) in [5.74, 6) is 1.80. The largest absolute Gasteiger partial charge is 0.490 e. The van der Waals surface area contributed by atoms with E-state index in [0.29, 0.717) is 18.4 Å². The molecule has 0 amide bonds. The molecule has 0 fully saturated rings. The van der Waals surface area contributed by atoms with Gasteiger partial charge in [-0.25, -0.2) is 4.39 Å². The number of ether oxygens (including phenoxy) is 1. The van der Waals surface area contributed by atoms with Gasteiger partial charge < -0.3 is 10.5 Å². The zero-order valence-electron chi connectivity index (χ0n) is 11.2. The molecule has 0 radical (unpaired) electrons. The highest BCUT2D eigenvalue weighted by Gasteiger charge is 2.26. The van der Waals surface area contributed by atoms with Crippen LogP contribution in [0.4, 0.5) is 4.39 Å². The van der Waals surface area contributed by atoms with E-state index < -0.39 is 0 Å². The van der Waals surface area contributed by atoms with Gasteiger partial charge in [0.25, 0.3) is 0 Å². The second-order valence-electron chi connectivity index (χ2n) is 5.66. The van der Waals surface area contributed by atoms with Crippen LogP contribution >= 0.6 is 0 Å².